The van der Waals surface area contributed by atoms with E-state index in [0.29, 0.717) is 38.4 Å². The zero-order chi connectivity index (χ0) is 21.5. The predicted molar refractivity (Wildman–Crippen MR) is 116 cm³/mol. The quantitative estimate of drug-likeness (QED) is 0.583. The van der Waals surface area contributed by atoms with Crippen molar-refractivity contribution in [3.63, 3.8) is 0 Å². The number of benzene rings is 2. The molecule has 0 saturated carbocycles. The van der Waals surface area contributed by atoms with Crippen LogP contribution in [-0.4, -0.2) is 56.5 Å². The molecule has 1 saturated heterocycles. The molecule has 8 heteroatoms. The number of amides is 1. The van der Waals surface area contributed by atoms with Crippen LogP contribution in [0, 0.1) is 11.6 Å². The van der Waals surface area contributed by atoms with Crippen LogP contribution < -0.4 is 15.5 Å². The Kier molecular flexibility index (Phi) is 7.21. The van der Waals surface area contributed by atoms with Gasteiger partial charge in [0.25, 0.3) is 0 Å². The van der Waals surface area contributed by atoms with Crippen LogP contribution in [0.4, 0.5) is 20.2 Å². The van der Waals surface area contributed by atoms with Gasteiger partial charge in [0.2, 0.25) is 5.91 Å². The van der Waals surface area contributed by atoms with Gasteiger partial charge in [0.05, 0.1) is 5.69 Å². The number of hydrogen-bond acceptors (Lipinski definition) is 3. The number of hydrogen-bond donors (Lipinski definition) is 2. The van der Waals surface area contributed by atoms with Gasteiger partial charge in [-0.25, -0.2) is 8.78 Å². The number of piperazine rings is 1. The summed E-state index contributed by atoms with van der Waals surface area (Å²) in [6, 6.07) is 11.3. The Morgan fingerprint density at radius 1 is 1.07 bits per heavy atom. The van der Waals surface area contributed by atoms with Crippen molar-refractivity contribution in [2.45, 2.75) is 13.3 Å². The summed E-state index contributed by atoms with van der Waals surface area (Å²) in [6.07, 6.45) is 0.813. The molecule has 0 bridgehead atoms. The molecule has 1 heterocycles. The number of rotatable bonds is 5. The highest BCUT2D eigenvalue weighted by molar-refractivity contribution is 5.88. The van der Waals surface area contributed by atoms with E-state index < -0.39 is 11.6 Å². The molecule has 0 aliphatic carbocycles. The lowest BCUT2D eigenvalue weighted by Gasteiger charge is -2.37. The second kappa shape index (κ2) is 10.0. The standard InChI is InChI=1S/C22H27F2N5O/c1-16(30)27-19-6-3-17(4-7-19)9-10-26-22(25-2)29-13-11-28(12-14-29)21-15-18(23)5-8-20(21)24/h3-8,15H,9-14H2,1-2H3,(H,25,26)(H,27,30). The number of anilines is 2. The number of guanidine groups is 1. The first-order valence-electron chi connectivity index (χ1n) is 9.98. The van der Waals surface area contributed by atoms with E-state index >= 15 is 0 Å². The Balaban J connectivity index is 1.48. The molecule has 0 radical (unpaired) electrons. The first kappa shape index (κ1) is 21.5. The van der Waals surface area contributed by atoms with Crippen molar-refractivity contribution in [1.82, 2.24) is 10.2 Å². The minimum absolute atomic E-state index is 0.0894. The number of carbonyl (C=O) groups excluding carboxylic acids is 1. The molecule has 1 amide bonds. The van der Waals surface area contributed by atoms with E-state index in [2.05, 4.69) is 20.5 Å². The van der Waals surface area contributed by atoms with Gasteiger partial charge in [-0.05, 0) is 36.2 Å². The van der Waals surface area contributed by atoms with Crippen LogP contribution in [-0.2, 0) is 11.2 Å². The second-order valence-electron chi connectivity index (χ2n) is 7.17. The summed E-state index contributed by atoms with van der Waals surface area (Å²) in [7, 11) is 1.74. The number of nitrogens with one attached hydrogen (secondary N) is 2. The Morgan fingerprint density at radius 2 is 1.77 bits per heavy atom. The molecular formula is C22H27F2N5O. The zero-order valence-corrected chi connectivity index (χ0v) is 17.3. The van der Waals surface area contributed by atoms with Gasteiger partial charge in [-0.2, -0.15) is 0 Å². The molecule has 160 valence electrons. The molecular weight excluding hydrogens is 388 g/mol. The first-order valence-corrected chi connectivity index (χ1v) is 9.98. The molecule has 30 heavy (non-hydrogen) atoms. The second-order valence-corrected chi connectivity index (χ2v) is 7.17. The fourth-order valence-corrected chi connectivity index (χ4v) is 3.50. The van der Waals surface area contributed by atoms with E-state index in [4.69, 9.17) is 0 Å². The molecule has 3 rings (SSSR count). The third-order valence-corrected chi connectivity index (χ3v) is 5.01. The molecule has 0 atom stereocenters. The largest absolute Gasteiger partial charge is 0.366 e. The van der Waals surface area contributed by atoms with E-state index in [1.807, 2.05) is 29.2 Å². The summed E-state index contributed by atoms with van der Waals surface area (Å²) >= 11 is 0. The average molecular weight is 415 g/mol. The van der Waals surface area contributed by atoms with E-state index in [0.717, 1.165) is 29.7 Å². The minimum Gasteiger partial charge on any atom is -0.366 e. The molecule has 2 N–H and O–H groups in total. The fourth-order valence-electron chi connectivity index (χ4n) is 3.50. The SMILES string of the molecule is CN=C(NCCc1ccc(NC(C)=O)cc1)N1CCN(c2cc(F)ccc2F)CC1. The van der Waals surface area contributed by atoms with Crippen molar-refractivity contribution in [3.8, 4) is 0 Å². The van der Waals surface area contributed by atoms with Crippen molar-refractivity contribution >= 4 is 23.2 Å². The van der Waals surface area contributed by atoms with E-state index in [9.17, 15) is 13.6 Å². The van der Waals surface area contributed by atoms with Gasteiger partial charge in [0.15, 0.2) is 5.96 Å². The fraction of sp³-hybridized carbons (Fsp3) is 0.364. The van der Waals surface area contributed by atoms with Crippen LogP contribution in [0.5, 0.6) is 0 Å². The van der Waals surface area contributed by atoms with Crippen LogP contribution in [0.1, 0.15) is 12.5 Å². The van der Waals surface area contributed by atoms with Crippen LogP contribution in [0.3, 0.4) is 0 Å². The van der Waals surface area contributed by atoms with Gasteiger partial charge in [-0.15, -0.1) is 0 Å². The number of halogens is 2. The van der Waals surface area contributed by atoms with Gasteiger partial charge in [0.1, 0.15) is 11.6 Å². The smallest absolute Gasteiger partial charge is 0.221 e. The summed E-state index contributed by atoms with van der Waals surface area (Å²) in [6.45, 7) is 4.71. The Morgan fingerprint density at radius 3 is 2.40 bits per heavy atom. The highest BCUT2D eigenvalue weighted by atomic mass is 19.1. The third kappa shape index (κ3) is 5.68. The molecule has 0 aromatic heterocycles. The zero-order valence-electron chi connectivity index (χ0n) is 17.3. The molecule has 0 spiro atoms. The number of carbonyl (C=O) groups is 1. The summed E-state index contributed by atoms with van der Waals surface area (Å²) in [5, 5.41) is 6.11. The molecule has 2 aromatic rings. The van der Waals surface area contributed by atoms with Crippen molar-refractivity contribution in [1.29, 1.82) is 0 Å². The summed E-state index contributed by atoms with van der Waals surface area (Å²) < 4.78 is 27.5. The lowest BCUT2D eigenvalue weighted by atomic mass is 10.1. The third-order valence-electron chi connectivity index (χ3n) is 5.01. The topological polar surface area (TPSA) is 60.0 Å². The van der Waals surface area contributed by atoms with Crippen molar-refractivity contribution < 1.29 is 13.6 Å². The minimum atomic E-state index is -0.434. The molecule has 0 unspecified atom stereocenters. The Hall–Kier alpha value is -3.16. The maximum atomic E-state index is 14.0. The monoisotopic (exact) mass is 415 g/mol. The van der Waals surface area contributed by atoms with Crippen LogP contribution in [0.2, 0.25) is 0 Å². The maximum Gasteiger partial charge on any atom is 0.221 e. The highest BCUT2D eigenvalue weighted by Gasteiger charge is 2.21. The molecule has 1 fully saturated rings. The summed E-state index contributed by atoms with van der Waals surface area (Å²) in [4.78, 5) is 19.4. The first-order chi connectivity index (χ1) is 14.5. The van der Waals surface area contributed by atoms with Crippen molar-refractivity contribution in [3.05, 3.63) is 59.7 Å². The lowest BCUT2D eigenvalue weighted by Crippen LogP contribution is -2.53. The molecule has 1 aliphatic rings. The van der Waals surface area contributed by atoms with Gasteiger partial charge >= 0.3 is 0 Å². The summed E-state index contributed by atoms with van der Waals surface area (Å²) in [5.74, 6) is -0.133. The lowest BCUT2D eigenvalue weighted by molar-refractivity contribution is -0.114. The summed E-state index contributed by atoms with van der Waals surface area (Å²) in [5.41, 5.74) is 2.24. The Bertz CT molecular complexity index is 893. The maximum absolute atomic E-state index is 14.0. The average Bonchev–Trinajstić information content (AvgIpc) is 2.74. The number of nitrogens with zero attached hydrogens (tertiary/aromatic N) is 3. The molecule has 6 nitrogen and oxygen atoms in total. The van der Waals surface area contributed by atoms with E-state index in [1.165, 1.54) is 19.1 Å². The number of aliphatic imine (C=N–C) groups is 1. The van der Waals surface area contributed by atoms with Crippen molar-refractivity contribution in [2.75, 3.05) is 50.0 Å². The predicted octanol–water partition coefficient (Wildman–Crippen LogP) is 2.86. The van der Waals surface area contributed by atoms with Crippen molar-refractivity contribution in [2.24, 2.45) is 4.99 Å². The highest BCUT2D eigenvalue weighted by Crippen LogP contribution is 2.22. The molecule has 1 aliphatic heterocycles. The van der Waals surface area contributed by atoms with Gasteiger partial charge < -0.3 is 20.4 Å². The van der Waals surface area contributed by atoms with Gasteiger partial charge in [-0.1, -0.05) is 12.1 Å². The van der Waals surface area contributed by atoms with E-state index in [-0.39, 0.29) is 5.91 Å². The van der Waals surface area contributed by atoms with Crippen LogP contribution >= 0.6 is 0 Å². The van der Waals surface area contributed by atoms with E-state index in [1.54, 1.807) is 7.05 Å². The Labute approximate surface area is 175 Å². The van der Waals surface area contributed by atoms with Crippen LogP contribution in [0.15, 0.2) is 47.5 Å². The van der Waals surface area contributed by atoms with Gasteiger partial charge in [0, 0.05) is 58.4 Å². The normalized spacial score (nSPS) is 14.6. The molecule has 2 aromatic carbocycles. The van der Waals surface area contributed by atoms with Gasteiger partial charge in [-0.3, -0.25) is 9.79 Å². The van der Waals surface area contributed by atoms with Crippen LogP contribution in [0.25, 0.3) is 0 Å².